The Kier molecular flexibility index (Phi) is 8.55. The average Bonchev–Trinajstić information content (AvgIpc) is 2.39. The molecule has 0 aliphatic rings. The third-order valence-corrected chi connectivity index (χ3v) is 1.85. The normalized spacial score (nSPS) is 12.1. The van der Waals surface area contributed by atoms with E-state index in [1.807, 2.05) is 0 Å². The van der Waals surface area contributed by atoms with E-state index >= 15 is 0 Å². The van der Waals surface area contributed by atoms with Crippen LogP contribution < -0.4 is 5.32 Å². The first kappa shape index (κ1) is 15.6. The zero-order chi connectivity index (χ0) is 13.8. The molecule has 4 nitrogen and oxygen atoms in total. The Labute approximate surface area is 107 Å². The summed E-state index contributed by atoms with van der Waals surface area (Å²) >= 11 is 0. The van der Waals surface area contributed by atoms with E-state index in [4.69, 9.17) is 4.74 Å². The maximum absolute atomic E-state index is 11.6. The molecular weight excluding hydrogens is 230 g/mol. The van der Waals surface area contributed by atoms with Crippen LogP contribution in [0.5, 0.6) is 0 Å². The lowest BCUT2D eigenvalue weighted by Crippen LogP contribution is -2.21. The molecule has 4 heteroatoms. The van der Waals surface area contributed by atoms with Crippen molar-refractivity contribution >= 4 is 12.4 Å². The van der Waals surface area contributed by atoms with Gasteiger partial charge in [-0.2, -0.15) is 0 Å². The van der Waals surface area contributed by atoms with E-state index in [-0.39, 0.29) is 12.3 Å². The highest BCUT2D eigenvalue weighted by Gasteiger charge is 2.09. The molecule has 1 N–H and O–H groups in total. The Hall–Kier alpha value is -2.36. The van der Waals surface area contributed by atoms with Gasteiger partial charge < -0.3 is 10.1 Å². The Morgan fingerprint density at radius 1 is 1.33 bits per heavy atom. The van der Waals surface area contributed by atoms with E-state index in [2.05, 4.69) is 18.5 Å². The molecule has 0 rings (SSSR count). The van der Waals surface area contributed by atoms with Crippen LogP contribution in [-0.2, 0) is 14.3 Å². The lowest BCUT2D eigenvalue weighted by atomic mass is 10.2. The predicted octanol–water partition coefficient (Wildman–Crippen LogP) is 2.03. The molecule has 0 radical (unpaired) electrons. The van der Waals surface area contributed by atoms with Crippen LogP contribution in [0.15, 0.2) is 60.9 Å². The van der Waals surface area contributed by atoms with Crippen molar-refractivity contribution in [2.45, 2.75) is 6.92 Å². The predicted molar refractivity (Wildman–Crippen MR) is 71.5 cm³/mol. The molecule has 18 heavy (non-hydrogen) atoms. The summed E-state index contributed by atoms with van der Waals surface area (Å²) in [6, 6.07) is 0. The van der Waals surface area contributed by atoms with Gasteiger partial charge in [-0.05, 0) is 18.6 Å². The van der Waals surface area contributed by atoms with Gasteiger partial charge in [0.1, 0.15) is 12.3 Å². The summed E-state index contributed by atoms with van der Waals surface area (Å²) < 4.78 is 5.01. The topological polar surface area (TPSA) is 55.4 Å². The number of carbonyl (C=O) groups is 2. The minimum Gasteiger partial charge on any atom is -0.456 e. The van der Waals surface area contributed by atoms with Gasteiger partial charge in [0.05, 0.1) is 0 Å². The Balaban J connectivity index is 4.61. The molecule has 0 unspecified atom stereocenters. The Morgan fingerprint density at radius 2 is 2.06 bits per heavy atom. The van der Waals surface area contributed by atoms with Gasteiger partial charge in [-0.25, -0.2) is 4.79 Å². The smallest absolute Gasteiger partial charge is 0.355 e. The van der Waals surface area contributed by atoms with E-state index in [1.165, 1.54) is 6.08 Å². The number of carbonyl (C=O) groups excluding carboxylic acids is 2. The number of nitrogens with one attached hydrogen (secondary N) is 1. The summed E-state index contributed by atoms with van der Waals surface area (Å²) in [4.78, 5) is 22.0. The van der Waals surface area contributed by atoms with Crippen molar-refractivity contribution in [1.82, 2.24) is 5.32 Å². The maximum Gasteiger partial charge on any atom is 0.355 e. The zero-order valence-electron chi connectivity index (χ0n) is 10.4. The molecule has 0 aromatic carbocycles. The third-order valence-electron chi connectivity index (χ3n) is 1.85. The van der Waals surface area contributed by atoms with Crippen molar-refractivity contribution in [3.8, 4) is 0 Å². The third kappa shape index (κ3) is 6.27. The summed E-state index contributed by atoms with van der Waals surface area (Å²) in [6.07, 6.45) is 10.1. The second-order valence-electron chi connectivity index (χ2n) is 3.13. The first-order chi connectivity index (χ1) is 8.69. The molecule has 96 valence electrons. The quantitative estimate of drug-likeness (QED) is 0.309. The van der Waals surface area contributed by atoms with Crippen LogP contribution in [0.3, 0.4) is 0 Å². The number of esters is 1. The fraction of sp³-hybridized carbons (Fsp3) is 0.143. The van der Waals surface area contributed by atoms with E-state index in [0.717, 1.165) is 5.57 Å². The van der Waals surface area contributed by atoms with Crippen LogP contribution in [-0.4, -0.2) is 19.0 Å². The highest BCUT2D eigenvalue weighted by molar-refractivity contribution is 5.90. The van der Waals surface area contributed by atoms with E-state index in [1.54, 1.807) is 37.3 Å². The summed E-state index contributed by atoms with van der Waals surface area (Å²) in [5.74, 6) is -0.614. The molecule has 0 saturated carbocycles. The molecule has 1 amide bonds. The van der Waals surface area contributed by atoms with E-state index in [0.29, 0.717) is 6.41 Å². The van der Waals surface area contributed by atoms with Crippen LogP contribution in [0.25, 0.3) is 0 Å². The van der Waals surface area contributed by atoms with Gasteiger partial charge in [-0.15, -0.1) is 0 Å². The highest BCUT2D eigenvalue weighted by atomic mass is 16.5. The molecule has 0 aliphatic heterocycles. The molecule has 0 fully saturated rings. The van der Waals surface area contributed by atoms with Crippen LogP contribution in [0, 0.1) is 0 Å². The number of hydrogen-bond acceptors (Lipinski definition) is 3. The molecule has 0 saturated heterocycles. The summed E-state index contributed by atoms with van der Waals surface area (Å²) in [5.41, 5.74) is 0.792. The van der Waals surface area contributed by atoms with Crippen molar-refractivity contribution in [2.75, 3.05) is 6.61 Å². The Bertz CT molecular complexity index is 403. The molecule has 0 heterocycles. The molecule has 0 bridgehead atoms. The summed E-state index contributed by atoms with van der Waals surface area (Å²) in [5, 5.41) is 2.28. The molecule has 0 spiro atoms. The van der Waals surface area contributed by atoms with Crippen molar-refractivity contribution in [3.63, 3.8) is 0 Å². The number of hydrogen-bond donors (Lipinski definition) is 1. The lowest BCUT2D eigenvalue weighted by Gasteiger charge is -2.07. The van der Waals surface area contributed by atoms with Gasteiger partial charge in [0, 0.05) is 0 Å². The standard InChI is InChI=1S/C14H17NO3/c1-4-7-9-13(15-11-16)14(17)18-10-12(6-3)8-5-2/h4-9,11H,2-3,10H2,1H3,(H,15,16)/b7-4-,12-8+,13-9-. The van der Waals surface area contributed by atoms with Gasteiger partial charge >= 0.3 is 5.97 Å². The van der Waals surface area contributed by atoms with Gasteiger partial charge in [0.15, 0.2) is 0 Å². The number of amides is 1. The van der Waals surface area contributed by atoms with Crippen LogP contribution in [0.4, 0.5) is 0 Å². The molecule has 0 aromatic rings. The zero-order valence-corrected chi connectivity index (χ0v) is 10.4. The van der Waals surface area contributed by atoms with E-state index in [9.17, 15) is 9.59 Å². The second kappa shape index (κ2) is 9.84. The average molecular weight is 247 g/mol. The lowest BCUT2D eigenvalue weighted by molar-refractivity contribution is -0.139. The number of ether oxygens (including phenoxy) is 1. The fourth-order valence-corrected chi connectivity index (χ4v) is 0.984. The number of rotatable bonds is 8. The monoisotopic (exact) mass is 247 g/mol. The van der Waals surface area contributed by atoms with Gasteiger partial charge in [0.2, 0.25) is 6.41 Å². The van der Waals surface area contributed by atoms with Gasteiger partial charge in [-0.1, -0.05) is 43.5 Å². The van der Waals surface area contributed by atoms with Crippen LogP contribution in [0.2, 0.25) is 0 Å². The minimum atomic E-state index is -0.614. The van der Waals surface area contributed by atoms with Gasteiger partial charge in [-0.3, -0.25) is 4.79 Å². The second-order valence-corrected chi connectivity index (χ2v) is 3.13. The molecule has 0 aromatic heterocycles. The summed E-state index contributed by atoms with van der Waals surface area (Å²) in [7, 11) is 0. The Morgan fingerprint density at radius 3 is 2.56 bits per heavy atom. The van der Waals surface area contributed by atoms with Gasteiger partial charge in [0.25, 0.3) is 0 Å². The molecular formula is C14H17NO3. The van der Waals surface area contributed by atoms with Crippen LogP contribution >= 0.6 is 0 Å². The first-order valence-corrected chi connectivity index (χ1v) is 5.33. The maximum atomic E-state index is 11.6. The minimum absolute atomic E-state index is 0.0715. The van der Waals surface area contributed by atoms with Crippen molar-refractivity contribution < 1.29 is 14.3 Å². The fourth-order valence-electron chi connectivity index (χ4n) is 0.984. The van der Waals surface area contributed by atoms with Crippen molar-refractivity contribution in [1.29, 1.82) is 0 Å². The highest BCUT2D eigenvalue weighted by Crippen LogP contribution is 2.01. The summed E-state index contributed by atoms with van der Waals surface area (Å²) in [6.45, 7) is 8.99. The number of allylic oxidation sites excluding steroid dienone is 5. The van der Waals surface area contributed by atoms with Crippen molar-refractivity contribution in [2.24, 2.45) is 0 Å². The van der Waals surface area contributed by atoms with E-state index < -0.39 is 5.97 Å². The largest absolute Gasteiger partial charge is 0.456 e. The molecule has 0 aliphatic carbocycles. The molecule has 0 atom stereocenters. The van der Waals surface area contributed by atoms with Crippen molar-refractivity contribution in [3.05, 3.63) is 60.9 Å². The SMILES string of the molecule is C=C/C=C(\C=C)COC(=O)/C(=C/C=C\C)NC=O. The first-order valence-electron chi connectivity index (χ1n) is 5.33. The van der Waals surface area contributed by atoms with Crippen LogP contribution in [0.1, 0.15) is 6.92 Å².